The Morgan fingerprint density at radius 2 is 1.96 bits per heavy atom. The number of benzene rings is 2. The number of ether oxygens (including phenoxy) is 1. The van der Waals surface area contributed by atoms with Crippen molar-refractivity contribution in [1.82, 2.24) is 4.90 Å². The summed E-state index contributed by atoms with van der Waals surface area (Å²) in [5.41, 5.74) is 2.58. The van der Waals surface area contributed by atoms with Gasteiger partial charge in [0.2, 0.25) is 0 Å². The van der Waals surface area contributed by atoms with E-state index in [9.17, 15) is 14.4 Å². The van der Waals surface area contributed by atoms with Gasteiger partial charge in [-0.2, -0.15) is 0 Å². The molecule has 146 valence electrons. The molecule has 6 heteroatoms. The molecule has 0 radical (unpaired) electrons. The van der Waals surface area contributed by atoms with E-state index < -0.39 is 5.60 Å². The van der Waals surface area contributed by atoms with Crippen molar-refractivity contribution in [3.63, 3.8) is 0 Å². The number of hydrogen-bond donors (Lipinski definition) is 1. The van der Waals surface area contributed by atoms with Crippen LogP contribution in [-0.4, -0.2) is 40.5 Å². The minimum absolute atomic E-state index is 0.142. The minimum atomic E-state index is -1.08. The molecule has 0 saturated carbocycles. The Bertz CT molecular complexity index is 912. The van der Waals surface area contributed by atoms with E-state index in [1.807, 2.05) is 23.1 Å². The van der Waals surface area contributed by atoms with Gasteiger partial charge in [0, 0.05) is 19.4 Å². The van der Waals surface area contributed by atoms with Crippen LogP contribution in [0.4, 0.5) is 4.39 Å². The van der Waals surface area contributed by atoms with E-state index >= 15 is 0 Å². The van der Waals surface area contributed by atoms with Gasteiger partial charge >= 0.3 is 0 Å². The maximum Gasteiger partial charge on any atom is 0.255 e. The third kappa shape index (κ3) is 3.29. The third-order valence-corrected chi connectivity index (χ3v) is 5.68. The summed E-state index contributed by atoms with van der Waals surface area (Å²) < 4.78 is 19.4. The largest absolute Gasteiger partial charge is 0.411 e. The SMILES string of the molecule is C[C@@]1(C(=O)N2CCc3ccccc3[C@@H]2c2ccc(F)cc2)CC(=NO)CCO1. The van der Waals surface area contributed by atoms with Crippen molar-refractivity contribution in [1.29, 1.82) is 0 Å². The number of oxime groups is 1. The lowest BCUT2D eigenvalue weighted by Gasteiger charge is -2.43. The highest BCUT2D eigenvalue weighted by atomic mass is 19.1. The molecular formula is C22H23FN2O3. The van der Waals surface area contributed by atoms with Gasteiger partial charge in [0.05, 0.1) is 18.4 Å². The van der Waals surface area contributed by atoms with Crippen molar-refractivity contribution < 1.29 is 19.1 Å². The van der Waals surface area contributed by atoms with Crippen LogP contribution in [0, 0.1) is 5.82 Å². The van der Waals surface area contributed by atoms with Gasteiger partial charge in [-0.3, -0.25) is 4.79 Å². The molecule has 0 unspecified atom stereocenters. The van der Waals surface area contributed by atoms with Crippen LogP contribution in [0.25, 0.3) is 0 Å². The van der Waals surface area contributed by atoms with Gasteiger partial charge in [0.25, 0.3) is 5.91 Å². The van der Waals surface area contributed by atoms with E-state index in [4.69, 9.17) is 4.74 Å². The van der Waals surface area contributed by atoms with Crippen LogP contribution in [0.3, 0.4) is 0 Å². The monoisotopic (exact) mass is 382 g/mol. The molecule has 4 rings (SSSR count). The zero-order chi connectivity index (χ0) is 19.7. The first-order valence-electron chi connectivity index (χ1n) is 9.50. The second-order valence-corrected chi connectivity index (χ2v) is 7.57. The second kappa shape index (κ2) is 7.36. The maximum atomic E-state index is 13.6. The minimum Gasteiger partial charge on any atom is -0.411 e. The summed E-state index contributed by atoms with van der Waals surface area (Å²) in [6.45, 7) is 2.64. The molecule has 5 nitrogen and oxygen atoms in total. The number of hydrogen-bond acceptors (Lipinski definition) is 4. The highest BCUT2D eigenvalue weighted by Gasteiger charge is 2.45. The van der Waals surface area contributed by atoms with Gasteiger partial charge in [0.15, 0.2) is 0 Å². The van der Waals surface area contributed by atoms with Crippen molar-refractivity contribution in [2.75, 3.05) is 13.2 Å². The summed E-state index contributed by atoms with van der Waals surface area (Å²) in [6, 6.07) is 14.0. The fraction of sp³-hybridized carbons (Fsp3) is 0.364. The summed E-state index contributed by atoms with van der Waals surface area (Å²) in [6.07, 6.45) is 1.52. The molecule has 2 heterocycles. The first-order chi connectivity index (χ1) is 13.5. The fourth-order valence-corrected chi connectivity index (χ4v) is 4.24. The van der Waals surface area contributed by atoms with Crippen LogP contribution in [0.2, 0.25) is 0 Å². The van der Waals surface area contributed by atoms with Crippen molar-refractivity contribution in [3.8, 4) is 0 Å². The average molecular weight is 382 g/mol. The van der Waals surface area contributed by atoms with Gasteiger partial charge in [-0.25, -0.2) is 4.39 Å². The van der Waals surface area contributed by atoms with Crippen LogP contribution in [-0.2, 0) is 16.0 Å². The Hall–Kier alpha value is -2.73. The van der Waals surface area contributed by atoms with E-state index in [2.05, 4.69) is 11.2 Å². The van der Waals surface area contributed by atoms with Gasteiger partial charge in [-0.15, -0.1) is 0 Å². The lowest BCUT2D eigenvalue weighted by Crippen LogP contribution is -2.54. The molecule has 1 fully saturated rings. The highest BCUT2D eigenvalue weighted by Crippen LogP contribution is 2.38. The normalized spacial score (nSPS) is 26.1. The Balaban J connectivity index is 1.74. The number of carbonyl (C=O) groups is 1. The van der Waals surface area contributed by atoms with E-state index in [-0.39, 0.29) is 24.2 Å². The topological polar surface area (TPSA) is 62.1 Å². The lowest BCUT2D eigenvalue weighted by molar-refractivity contribution is -0.159. The summed E-state index contributed by atoms with van der Waals surface area (Å²) in [7, 11) is 0. The van der Waals surface area contributed by atoms with Crippen LogP contribution in [0.15, 0.2) is 53.7 Å². The van der Waals surface area contributed by atoms with Gasteiger partial charge in [-0.1, -0.05) is 41.6 Å². The van der Waals surface area contributed by atoms with E-state index in [1.54, 1.807) is 19.1 Å². The van der Waals surface area contributed by atoms with Crippen molar-refractivity contribution >= 4 is 11.6 Å². The Morgan fingerprint density at radius 3 is 2.71 bits per heavy atom. The van der Waals surface area contributed by atoms with Crippen molar-refractivity contribution in [2.45, 2.75) is 37.8 Å². The number of nitrogens with zero attached hydrogens (tertiary/aromatic N) is 2. The van der Waals surface area contributed by atoms with Gasteiger partial charge in [-0.05, 0) is 42.2 Å². The number of rotatable bonds is 2. The highest BCUT2D eigenvalue weighted by molar-refractivity contribution is 5.95. The van der Waals surface area contributed by atoms with E-state index in [1.165, 1.54) is 17.7 Å². The predicted molar refractivity (Wildman–Crippen MR) is 103 cm³/mol. The number of amides is 1. The molecule has 0 aliphatic carbocycles. The molecule has 1 N–H and O–H groups in total. The molecule has 0 spiro atoms. The fourth-order valence-electron chi connectivity index (χ4n) is 4.24. The van der Waals surface area contributed by atoms with Crippen molar-refractivity contribution in [2.24, 2.45) is 5.16 Å². The predicted octanol–water partition coefficient (Wildman–Crippen LogP) is 3.70. The number of halogens is 1. The van der Waals surface area contributed by atoms with Crippen molar-refractivity contribution in [3.05, 3.63) is 71.0 Å². The first kappa shape index (κ1) is 18.6. The van der Waals surface area contributed by atoms with Crippen LogP contribution >= 0.6 is 0 Å². The number of carbonyl (C=O) groups excluding carboxylic acids is 1. The Labute approximate surface area is 163 Å². The Kier molecular flexibility index (Phi) is 4.89. The quantitative estimate of drug-likeness (QED) is 0.636. The molecular weight excluding hydrogens is 359 g/mol. The molecule has 2 aliphatic rings. The zero-order valence-electron chi connectivity index (χ0n) is 15.8. The van der Waals surface area contributed by atoms with E-state index in [0.29, 0.717) is 25.3 Å². The molecule has 0 aromatic heterocycles. The second-order valence-electron chi connectivity index (χ2n) is 7.57. The molecule has 0 bridgehead atoms. The van der Waals surface area contributed by atoms with Crippen LogP contribution in [0.5, 0.6) is 0 Å². The molecule has 28 heavy (non-hydrogen) atoms. The summed E-state index contributed by atoms with van der Waals surface area (Å²) in [5.74, 6) is -0.450. The average Bonchev–Trinajstić information content (AvgIpc) is 2.73. The molecule has 1 amide bonds. The Morgan fingerprint density at radius 1 is 1.21 bits per heavy atom. The molecule has 2 atom stereocenters. The summed E-state index contributed by atoms with van der Waals surface area (Å²) in [5, 5.41) is 12.5. The molecule has 1 saturated heterocycles. The zero-order valence-corrected chi connectivity index (χ0v) is 15.8. The number of fused-ring (bicyclic) bond motifs is 1. The lowest BCUT2D eigenvalue weighted by atomic mass is 9.85. The summed E-state index contributed by atoms with van der Waals surface area (Å²) in [4.78, 5) is 15.4. The molecule has 2 aliphatic heterocycles. The molecule has 2 aromatic carbocycles. The van der Waals surface area contributed by atoms with Crippen LogP contribution < -0.4 is 0 Å². The summed E-state index contributed by atoms with van der Waals surface area (Å²) >= 11 is 0. The van der Waals surface area contributed by atoms with E-state index in [0.717, 1.165) is 17.5 Å². The van der Waals surface area contributed by atoms with Crippen LogP contribution in [0.1, 0.15) is 42.5 Å². The smallest absolute Gasteiger partial charge is 0.255 e. The first-order valence-corrected chi connectivity index (χ1v) is 9.50. The third-order valence-electron chi connectivity index (χ3n) is 5.68. The van der Waals surface area contributed by atoms with Gasteiger partial charge < -0.3 is 14.8 Å². The standard InChI is InChI=1S/C22H23FN2O3/c1-22(14-18(24-27)11-13-28-22)21(26)25-12-10-15-4-2-3-5-19(15)20(25)16-6-8-17(23)9-7-16/h2-9,20,27H,10-14H2,1H3/t20-,22-/m0/s1. The maximum absolute atomic E-state index is 13.6. The molecule has 2 aromatic rings. The van der Waals surface area contributed by atoms with Gasteiger partial charge in [0.1, 0.15) is 11.4 Å².